The first-order chi connectivity index (χ1) is 9.77. The molecule has 0 amide bonds. The number of aromatic nitrogens is 1. The van der Waals surface area contributed by atoms with Gasteiger partial charge >= 0.3 is 0 Å². The maximum absolute atomic E-state index is 3.55. The van der Waals surface area contributed by atoms with Crippen LogP contribution in [0.2, 0.25) is 0 Å². The van der Waals surface area contributed by atoms with Crippen LogP contribution in [0.3, 0.4) is 0 Å². The Bertz CT molecular complexity index is 824. The van der Waals surface area contributed by atoms with E-state index < -0.39 is 0 Å². The van der Waals surface area contributed by atoms with Crippen molar-refractivity contribution in [2.45, 2.75) is 26.3 Å². The number of anilines is 1. The zero-order valence-electron chi connectivity index (χ0n) is 12.4. The number of pyridine rings is 1. The summed E-state index contributed by atoms with van der Waals surface area (Å²) in [6.07, 6.45) is 0. The molecule has 4 rings (SSSR count). The van der Waals surface area contributed by atoms with E-state index in [-0.39, 0.29) is 17.0 Å². The zero-order valence-corrected chi connectivity index (χ0v) is 13.9. The number of rotatable bonds is 1. The highest BCUT2D eigenvalue weighted by atomic mass is 79.9. The van der Waals surface area contributed by atoms with E-state index in [1.165, 1.54) is 33.1 Å². The Balaban J connectivity index is 0.00000132. The fourth-order valence-corrected chi connectivity index (χ4v) is 3.44. The van der Waals surface area contributed by atoms with Gasteiger partial charge in [-0.3, -0.25) is 5.32 Å². The maximum atomic E-state index is 3.55. The summed E-state index contributed by atoms with van der Waals surface area (Å²) in [6.45, 7) is 6.63. The minimum Gasteiger partial charge on any atom is -1.00 e. The molecule has 21 heavy (non-hydrogen) atoms. The minimum atomic E-state index is 0. The van der Waals surface area contributed by atoms with Crippen LogP contribution in [0.15, 0.2) is 42.5 Å². The molecule has 1 aliphatic rings. The van der Waals surface area contributed by atoms with Gasteiger partial charge in [-0.25, -0.2) is 4.57 Å². The summed E-state index contributed by atoms with van der Waals surface area (Å²) in [5.74, 6) is 1.81. The van der Waals surface area contributed by atoms with Gasteiger partial charge < -0.3 is 17.0 Å². The first-order valence-corrected chi connectivity index (χ1v) is 7.38. The van der Waals surface area contributed by atoms with E-state index in [0.29, 0.717) is 5.92 Å². The third kappa shape index (κ3) is 2.03. The highest BCUT2D eigenvalue weighted by Gasteiger charge is 2.25. The number of hydrogen-bond acceptors (Lipinski definition) is 1. The number of halogens is 1. The molecule has 2 aromatic carbocycles. The third-order valence-corrected chi connectivity index (χ3v) is 4.34. The molecule has 2 nitrogen and oxygen atoms in total. The Morgan fingerprint density at radius 3 is 2.52 bits per heavy atom. The summed E-state index contributed by atoms with van der Waals surface area (Å²) in [7, 11) is 0. The Kier molecular flexibility index (Phi) is 3.62. The summed E-state index contributed by atoms with van der Waals surface area (Å²) in [5.41, 5.74) is 2.80. The molecule has 0 atom stereocenters. The van der Waals surface area contributed by atoms with Crippen molar-refractivity contribution in [2.75, 3.05) is 11.9 Å². The molecule has 0 bridgehead atoms. The second kappa shape index (κ2) is 5.30. The molecule has 108 valence electrons. The quantitative estimate of drug-likeness (QED) is 0.511. The molecule has 0 radical (unpaired) electrons. The fourth-order valence-electron chi connectivity index (χ4n) is 3.44. The van der Waals surface area contributed by atoms with E-state index in [1.54, 1.807) is 0 Å². The summed E-state index contributed by atoms with van der Waals surface area (Å²) >= 11 is 0. The predicted octanol–water partition coefficient (Wildman–Crippen LogP) is 0.833. The van der Waals surface area contributed by atoms with Crippen LogP contribution in [0.25, 0.3) is 21.7 Å². The standard InChI is InChI=1S/C18H18N2.BrH/c1-12(2)13-8-5-9-16-17(13)14-6-3-4-7-15(14)18-19-10-11-20(16)18;/h3-9,12H,10-11H2,1-2H3;1H. The topological polar surface area (TPSA) is 15.9 Å². The van der Waals surface area contributed by atoms with Crippen molar-refractivity contribution in [2.24, 2.45) is 0 Å². The molecule has 0 spiro atoms. The van der Waals surface area contributed by atoms with Crippen molar-refractivity contribution in [3.8, 4) is 0 Å². The molecule has 3 heteroatoms. The van der Waals surface area contributed by atoms with Gasteiger partial charge in [-0.05, 0) is 23.6 Å². The van der Waals surface area contributed by atoms with Crippen LogP contribution in [-0.2, 0) is 6.54 Å². The van der Waals surface area contributed by atoms with Gasteiger partial charge in [-0.1, -0.05) is 44.2 Å². The summed E-state index contributed by atoms with van der Waals surface area (Å²) in [5, 5.41) is 7.68. The predicted molar refractivity (Wildman–Crippen MR) is 84.2 cm³/mol. The number of nitrogens with one attached hydrogen (secondary N) is 1. The van der Waals surface area contributed by atoms with Crippen molar-refractivity contribution in [3.05, 3.63) is 48.0 Å². The van der Waals surface area contributed by atoms with Gasteiger partial charge in [-0.2, -0.15) is 0 Å². The van der Waals surface area contributed by atoms with E-state index in [1.807, 2.05) is 0 Å². The average molecular weight is 343 g/mol. The zero-order chi connectivity index (χ0) is 13.7. The fraction of sp³-hybridized carbons (Fsp3) is 0.278. The van der Waals surface area contributed by atoms with Gasteiger partial charge in [0, 0.05) is 10.8 Å². The molecule has 0 fully saturated rings. The van der Waals surface area contributed by atoms with Crippen molar-refractivity contribution >= 4 is 27.5 Å². The van der Waals surface area contributed by atoms with E-state index in [4.69, 9.17) is 0 Å². The van der Waals surface area contributed by atoms with Crippen LogP contribution in [0.1, 0.15) is 25.3 Å². The first kappa shape index (κ1) is 14.3. The van der Waals surface area contributed by atoms with E-state index in [9.17, 15) is 0 Å². The molecular formula is C18H19BrN2. The molecule has 0 saturated carbocycles. The summed E-state index contributed by atoms with van der Waals surface area (Å²) in [6, 6.07) is 15.5. The normalized spacial score (nSPS) is 13.3. The molecule has 0 unspecified atom stereocenters. The van der Waals surface area contributed by atoms with Gasteiger partial charge in [-0.15, -0.1) is 0 Å². The van der Waals surface area contributed by atoms with Crippen LogP contribution >= 0.6 is 0 Å². The van der Waals surface area contributed by atoms with Crippen molar-refractivity contribution < 1.29 is 21.5 Å². The Morgan fingerprint density at radius 1 is 1.00 bits per heavy atom. The van der Waals surface area contributed by atoms with Crippen LogP contribution < -0.4 is 26.9 Å². The van der Waals surface area contributed by atoms with E-state index in [2.05, 4.69) is 66.2 Å². The molecule has 1 N–H and O–H groups in total. The molecule has 3 aromatic rings. The summed E-state index contributed by atoms with van der Waals surface area (Å²) in [4.78, 5) is 0. The van der Waals surface area contributed by atoms with Crippen molar-refractivity contribution in [3.63, 3.8) is 0 Å². The number of benzene rings is 2. The largest absolute Gasteiger partial charge is 1.00 e. The highest BCUT2D eigenvalue weighted by molar-refractivity contribution is 6.09. The first-order valence-electron chi connectivity index (χ1n) is 7.38. The second-order valence-corrected chi connectivity index (χ2v) is 5.87. The van der Waals surface area contributed by atoms with Gasteiger partial charge in [0.15, 0.2) is 0 Å². The SMILES string of the molecule is CC(C)c1cccc2c1c1ccccc1c1[n+]2CCN1.[Br-]. The third-order valence-electron chi connectivity index (χ3n) is 4.34. The minimum absolute atomic E-state index is 0. The van der Waals surface area contributed by atoms with E-state index in [0.717, 1.165) is 13.1 Å². The molecule has 1 aromatic heterocycles. The van der Waals surface area contributed by atoms with Crippen LogP contribution in [0, 0.1) is 0 Å². The summed E-state index contributed by atoms with van der Waals surface area (Å²) < 4.78 is 2.43. The number of hydrogen-bond donors (Lipinski definition) is 1. The van der Waals surface area contributed by atoms with Gasteiger partial charge in [0.1, 0.15) is 18.6 Å². The van der Waals surface area contributed by atoms with Crippen molar-refractivity contribution in [1.82, 2.24) is 0 Å². The lowest BCUT2D eigenvalue weighted by atomic mass is 9.94. The second-order valence-electron chi connectivity index (χ2n) is 5.87. The smallest absolute Gasteiger partial charge is 0.283 e. The monoisotopic (exact) mass is 342 g/mol. The Morgan fingerprint density at radius 2 is 1.76 bits per heavy atom. The molecule has 2 heterocycles. The molecule has 1 aliphatic heterocycles. The lowest BCUT2D eigenvalue weighted by Gasteiger charge is -2.13. The average Bonchev–Trinajstić information content (AvgIpc) is 2.96. The van der Waals surface area contributed by atoms with Crippen molar-refractivity contribution in [1.29, 1.82) is 0 Å². The van der Waals surface area contributed by atoms with Crippen LogP contribution in [-0.4, -0.2) is 6.54 Å². The Hall–Kier alpha value is -1.61. The van der Waals surface area contributed by atoms with Gasteiger partial charge in [0.2, 0.25) is 0 Å². The number of fused-ring (bicyclic) bond motifs is 6. The van der Waals surface area contributed by atoms with E-state index >= 15 is 0 Å². The highest BCUT2D eigenvalue weighted by Crippen LogP contribution is 2.34. The molecule has 0 aliphatic carbocycles. The lowest BCUT2D eigenvalue weighted by molar-refractivity contribution is -0.643. The molecular weight excluding hydrogens is 324 g/mol. The Labute approximate surface area is 135 Å². The molecule has 0 saturated heterocycles. The van der Waals surface area contributed by atoms with Crippen LogP contribution in [0.5, 0.6) is 0 Å². The van der Waals surface area contributed by atoms with Gasteiger partial charge in [0.05, 0.1) is 5.39 Å². The van der Waals surface area contributed by atoms with Crippen LogP contribution in [0.4, 0.5) is 5.82 Å². The lowest BCUT2D eigenvalue weighted by Crippen LogP contribution is -3.00. The maximum Gasteiger partial charge on any atom is 0.283 e. The number of nitrogens with zero attached hydrogens (tertiary/aromatic N) is 1. The van der Waals surface area contributed by atoms with Gasteiger partial charge in [0.25, 0.3) is 5.82 Å².